The van der Waals surface area contributed by atoms with Gasteiger partial charge in [0.25, 0.3) is 0 Å². The molecule has 0 amide bonds. The van der Waals surface area contributed by atoms with Crippen LogP contribution in [0.5, 0.6) is 0 Å². The minimum Gasteiger partial charge on any atom is -0.383 e. The molecule has 0 aliphatic heterocycles. The van der Waals surface area contributed by atoms with Crippen molar-refractivity contribution < 1.29 is 4.74 Å². The monoisotopic (exact) mass is 273 g/mol. The van der Waals surface area contributed by atoms with Crippen LogP contribution in [-0.2, 0) is 10.2 Å². The summed E-state index contributed by atoms with van der Waals surface area (Å²) >= 11 is 0. The van der Waals surface area contributed by atoms with Crippen LogP contribution < -0.4 is 5.32 Å². The summed E-state index contributed by atoms with van der Waals surface area (Å²) in [6, 6.07) is 9.21. The van der Waals surface area contributed by atoms with Crippen molar-refractivity contribution in [1.82, 2.24) is 5.32 Å². The molecule has 1 aromatic carbocycles. The highest BCUT2D eigenvalue weighted by Crippen LogP contribution is 2.37. The van der Waals surface area contributed by atoms with Crippen molar-refractivity contribution in [1.29, 1.82) is 0 Å². The maximum absolute atomic E-state index is 5.11. The zero-order valence-corrected chi connectivity index (χ0v) is 13.0. The Morgan fingerprint density at radius 3 is 2.35 bits per heavy atom. The van der Waals surface area contributed by atoms with Gasteiger partial charge in [-0.1, -0.05) is 50.3 Å². The molecule has 0 aromatic heterocycles. The second-order valence-corrected chi connectivity index (χ2v) is 6.11. The highest BCUT2D eigenvalue weighted by molar-refractivity contribution is 5.34. The van der Waals surface area contributed by atoms with Gasteiger partial charge in [-0.05, 0) is 29.9 Å². The molecule has 0 radical (unpaired) electrons. The van der Waals surface area contributed by atoms with Crippen LogP contribution in [0.15, 0.2) is 36.4 Å². The molecule has 1 N–H and O–H groups in total. The van der Waals surface area contributed by atoms with Gasteiger partial charge in [0.1, 0.15) is 0 Å². The van der Waals surface area contributed by atoms with Gasteiger partial charge in [-0.2, -0.15) is 0 Å². The standard InChI is InChI=1S/C18H27NO/c1-15(2)16-6-8-17(9-7-16)18(10-4-5-11-18)14-19-12-13-20-3/h4-9,15,19H,10-14H2,1-3H3. The third-order valence-electron chi connectivity index (χ3n) is 4.32. The second kappa shape index (κ2) is 7.05. The van der Waals surface area contributed by atoms with Gasteiger partial charge in [0, 0.05) is 25.6 Å². The average molecular weight is 273 g/mol. The van der Waals surface area contributed by atoms with E-state index in [1.54, 1.807) is 7.11 Å². The van der Waals surface area contributed by atoms with Gasteiger partial charge in [-0.3, -0.25) is 0 Å². The number of ether oxygens (including phenoxy) is 1. The van der Waals surface area contributed by atoms with Crippen LogP contribution in [-0.4, -0.2) is 26.8 Å². The Morgan fingerprint density at radius 1 is 1.15 bits per heavy atom. The molecule has 1 aromatic rings. The van der Waals surface area contributed by atoms with Crippen molar-refractivity contribution in [3.05, 3.63) is 47.5 Å². The minimum atomic E-state index is 0.239. The van der Waals surface area contributed by atoms with Crippen LogP contribution in [0.2, 0.25) is 0 Å². The Morgan fingerprint density at radius 2 is 1.80 bits per heavy atom. The summed E-state index contributed by atoms with van der Waals surface area (Å²) in [6.45, 7) is 7.20. The minimum absolute atomic E-state index is 0.239. The first-order valence-electron chi connectivity index (χ1n) is 7.63. The van der Waals surface area contributed by atoms with Gasteiger partial charge in [0.2, 0.25) is 0 Å². The van der Waals surface area contributed by atoms with Gasteiger partial charge in [0.15, 0.2) is 0 Å². The Kier molecular flexibility index (Phi) is 5.38. The molecule has 0 unspecified atom stereocenters. The van der Waals surface area contributed by atoms with E-state index in [2.05, 4.69) is 55.6 Å². The lowest BCUT2D eigenvalue weighted by Gasteiger charge is -2.30. The molecule has 20 heavy (non-hydrogen) atoms. The van der Waals surface area contributed by atoms with Crippen LogP contribution in [0, 0.1) is 0 Å². The molecule has 0 fully saturated rings. The van der Waals surface area contributed by atoms with E-state index in [1.807, 2.05) is 0 Å². The van der Waals surface area contributed by atoms with Crippen LogP contribution >= 0.6 is 0 Å². The van der Waals surface area contributed by atoms with E-state index < -0.39 is 0 Å². The van der Waals surface area contributed by atoms with Gasteiger partial charge in [-0.25, -0.2) is 0 Å². The van der Waals surface area contributed by atoms with E-state index in [-0.39, 0.29) is 5.41 Å². The van der Waals surface area contributed by atoms with Crippen LogP contribution in [0.1, 0.15) is 43.7 Å². The largest absolute Gasteiger partial charge is 0.383 e. The fourth-order valence-electron chi connectivity index (χ4n) is 2.91. The molecule has 0 bridgehead atoms. The van der Waals surface area contributed by atoms with Crippen LogP contribution in [0.25, 0.3) is 0 Å². The van der Waals surface area contributed by atoms with Gasteiger partial charge in [0.05, 0.1) is 6.61 Å². The number of nitrogens with one attached hydrogen (secondary N) is 1. The first kappa shape index (κ1) is 15.3. The summed E-state index contributed by atoms with van der Waals surface area (Å²) in [5.41, 5.74) is 3.11. The lowest BCUT2D eigenvalue weighted by molar-refractivity contribution is 0.196. The number of hydrogen-bond acceptors (Lipinski definition) is 2. The van der Waals surface area contributed by atoms with E-state index in [0.29, 0.717) is 5.92 Å². The van der Waals surface area contributed by atoms with Gasteiger partial charge < -0.3 is 10.1 Å². The topological polar surface area (TPSA) is 21.3 Å². The van der Waals surface area contributed by atoms with Crippen molar-refractivity contribution in [2.75, 3.05) is 26.8 Å². The molecular weight excluding hydrogens is 246 g/mol. The molecule has 0 saturated heterocycles. The van der Waals surface area contributed by atoms with E-state index in [9.17, 15) is 0 Å². The van der Waals surface area contributed by atoms with Gasteiger partial charge >= 0.3 is 0 Å². The number of rotatable bonds is 7. The molecule has 1 aliphatic carbocycles. The summed E-state index contributed by atoms with van der Waals surface area (Å²) in [6.07, 6.45) is 6.89. The fourth-order valence-corrected chi connectivity index (χ4v) is 2.91. The number of benzene rings is 1. The predicted octanol–water partition coefficient (Wildman–Crippen LogP) is 3.63. The molecule has 110 valence electrons. The molecule has 2 nitrogen and oxygen atoms in total. The van der Waals surface area contributed by atoms with Crippen molar-refractivity contribution in [2.24, 2.45) is 0 Å². The average Bonchev–Trinajstić information content (AvgIpc) is 2.94. The highest BCUT2D eigenvalue weighted by atomic mass is 16.5. The number of hydrogen-bond donors (Lipinski definition) is 1. The quantitative estimate of drug-likeness (QED) is 0.605. The summed E-state index contributed by atoms with van der Waals surface area (Å²) in [5, 5.41) is 3.54. The van der Waals surface area contributed by atoms with Gasteiger partial charge in [-0.15, -0.1) is 0 Å². The Labute approximate surface area is 123 Å². The Hall–Kier alpha value is -1.12. The van der Waals surface area contributed by atoms with Crippen molar-refractivity contribution in [2.45, 2.75) is 38.0 Å². The van der Waals surface area contributed by atoms with Crippen LogP contribution in [0.4, 0.5) is 0 Å². The lowest BCUT2D eigenvalue weighted by atomic mass is 9.77. The highest BCUT2D eigenvalue weighted by Gasteiger charge is 2.32. The summed E-state index contributed by atoms with van der Waals surface area (Å²) in [5.74, 6) is 0.599. The lowest BCUT2D eigenvalue weighted by Crippen LogP contribution is -2.37. The third-order valence-corrected chi connectivity index (χ3v) is 4.32. The molecule has 0 atom stereocenters. The fraction of sp³-hybridized carbons (Fsp3) is 0.556. The first-order chi connectivity index (χ1) is 9.68. The predicted molar refractivity (Wildman–Crippen MR) is 85.3 cm³/mol. The Balaban J connectivity index is 2.07. The maximum Gasteiger partial charge on any atom is 0.0587 e. The van der Waals surface area contributed by atoms with E-state index in [4.69, 9.17) is 4.74 Å². The Bertz CT molecular complexity index is 425. The molecule has 0 spiro atoms. The first-order valence-corrected chi connectivity index (χ1v) is 7.63. The van der Waals surface area contributed by atoms with Crippen molar-refractivity contribution >= 4 is 0 Å². The molecule has 0 saturated carbocycles. The summed E-state index contributed by atoms with van der Waals surface area (Å²) < 4.78 is 5.11. The summed E-state index contributed by atoms with van der Waals surface area (Å²) in [4.78, 5) is 0. The molecular formula is C18H27NO. The number of allylic oxidation sites excluding steroid dienone is 2. The van der Waals surface area contributed by atoms with Crippen LogP contribution in [0.3, 0.4) is 0 Å². The molecule has 0 heterocycles. The van der Waals surface area contributed by atoms with E-state index in [1.165, 1.54) is 11.1 Å². The summed E-state index contributed by atoms with van der Waals surface area (Å²) in [7, 11) is 1.75. The van der Waals surface area contributed by atoms with Crippen molar-refractivity contribution in [3.63, 3.8) is 0 Å². The number of methoxy groups -OCH3 is 1. The van der Waals surface area contributed by atoms with E-state index in [0.717, 1.165) is 32.5 Å². The zero-order chi connectivity index (χ0) is 14.4. The van der Waals surface area contributed by atoms with Crippen molar-refractivity contribution in [3.8, 4) is 0 Å². The SMILES string of the molecule is COCCNCC1(c2ccc(C(C)C)cc2)CC=CC1. The molecule has 1 aliphatic rings. The normalized spacial score (nSPS) is 17.0. The maximum atomic E-state index is 5.11. The smallest absolute Gasteiger partial charge is 0.0587 e. The zero-order valence-electron chi connectivity index (χ0n) is 13.0. The molecule has 2 heteroatoms. The molecule has 2 rings (SSSR count). The second-order valence-electron chi connectivity index (χ2n) is 6.11. The third kappa shape index (κ3) is 3.50. The van der Waals surface area contributed by atoms with E-state index >= 15 is 0 Å².